The SMILES string of the molecule is COc1ccccc1NC1SC(=O)N(CCCl)C1=O. The van der Waals surface area contributed by atoms with E-state index in [1.165, 1.54) is 0 Å². The number of hydrogen-bond acceptors (Lipinski definition) is 5. The maximum Gasteiger partial charge on any atom is 0.290 e. The number of nitrogens with one attached hydrogen (secondary N) is 1. The molecule has 2 amide bonds. The second-order valence-corrected chi connectivity index (χ2v) is 5.22. The lowest BCUT2D eigenvalue weighted by Gasteiger charge is -2.15. The highest BCUT2D eigenvalue weighted by Crippen LogP contribution is 2.31. The van der Waals surface area contributed by atoms with E-state index >= 15 is 0 Å². The standard InChI is InChI=1S/C12H13ClN2O3S/c1-18-9-5-3-2-4-8(9)14-10-11(16)15(7-6-13)12(17)19-10/h2-5,10,14H,6-7H2,1H3. The number of ether oxygens (including phenoxy) is 1. The summed E-state index contributed by atoms with van der Waals surface area (Å²) in [7, 11) is 1.55. The number of anilines is 1. The molecule has 1 aliphatic heterocycles. The third-order valence-electron chi connectivity index (χ3n) is 2.63. The molecule has 1 saturated heterocycles. The minimum Gasteiger partial charge on any atom is -0.495 e. The van der Waals surface area contributed by atoms with Crippen molar-refractivity contribution in [1.82, 2.24) is 4.90 Å². The molecular weight excluding hydrogens is 288 g/mol. The molecule has 1 N–H and O–H groups in total. The van der Waals surface area contributed by atoms with Crippen molar-refractivity contribution in [2.45, 2.75) is 5.37 Å². The van der Waals surface area contributed by atoms with E-state index in [0.29, 0.717) is 11.4 Å². The maximum atomic E-state index is 12.0. The fourth-order valence-corrected chi connectivity index (χ4v) is 2.82. The largest absolute Gasteiger partial charge is 0.495 e. The van der Waals surface area contributed by atoms with Gasteiger partial charge >= 0.3 is 0 Å². The molecule has 102 valence electrons. The number of halogens is 1. The molecule has 1 aromatic rings. The van der Waals surface area contributed by atoms with Crippen LogP contribution in [0.2, 0.25) is 0 Å². The first kappa shape index (κ1) is 14.0. The summed E-state index contributed by atoms with van der Waals surface area (Å²) in [4.78, 5) is 24.9. The van der Waals surface area contributed by atoms with Gasteiger partial charge in [0, 0.05) is 12.4 Å². The number of carbonyl (C=O) groups is 2. The van der Waals surface area contributed by atoms with E-state index in [4.69, 9.17) is 16.3 Å². The lowest BCUT2D eigenvalue weighted by molar-refractivity contribution is -0.126. The highest BCUT2D eigenvalue weighted by molar-refractivity contribution is 8.15. The molecule has 1 atom stereocenters. The van der Waals surface area contributed by atoms with Gasteiger partial charge in [0.2, 0.25) is 0 Å². The molecule has 7 heteroatoms. The number of amides is 2. The van der Waals surface area contributed by atoms with Crippen LogP contribution in [-0.4, -0.2) is 41.0 Å². The van der Waals surface area contributed by atoms with Crippen molar-refractivity contribution in [3.8, 4) is 5.75 Å². The van der Waals surface area contributed by atoms with Gasteiger partial charge in [-0.15, -0.1) is 11.6 Å². The molecule has 2 rings (SSSR count). The molecule has 5 nitrogen and oxygen atoms in total. The van der Waals surface area contributed by atoms with Crippen molar-refractivity contribution in [3.63, 3.8) is 0 Å². The molecule has 0 saturated carbocycles. The van der Waals surface area contributed by atoms with Crippen molar-refractivity contribution in [2.24, 2.45) is 0 Å². The normalized spacial score (nSPS) is 18.8. The summed E-state index contributed by atoms with van der Waals surface area (Å²) < 4.78 is 5.19. The molecule has 0 aliphatic carbocycles. The number of nitrogens with zero attached hydrogens (tertiary/aromatic N) is 1. The van der Waals surface area contributed by atoms with E-state index in [-0.39, 0.29) is 23.6 Å². The van der Waals surface area contributed by atoms with Crippen molar-refractivity contribution in [2.75, 3.05) is 24.9 Å². The summed E-state index contributed by atoms with van der Waals surface area (Å²) >= 11 is 6.52. The van der Waals surface area contributed by atoms with Crippen molar-refractivity contribution >= 4 is 40.2 Å². The van der Waals surface area contributed by atoms with Crippen LogP contribution in [-0.2, 0) is 4.79 Å². The monoisotopic (exact) mass is 300 g/mol. The van der Waals surface area contributed by atoms with Crippen LogP contribution in [0.4, 0.5) is 10.5 Å². The van der Waals surface area contributed by atoms with E-state index in [0.717, 1.165) is 16.7 Å². The molecule has 1 aromatic carbocycles. The zero-order valence-corrected chi connectivity index (χ0v) is 11.8. The van der Waals surface area contributed by atoms with Gasteiger partial charge in [-0.05, 0) is 23.9 Å². The Bertz CT molecular complexity index is 498. The number of alkyl halides is 1. The van der Waals surface area contributed by atoms with Crippen LogP contribution in [0.25, 0.3) is 0 Å². The molecule has 0 bridgehead atoms. The summed E-state index contributed by atoms with van der Waals surface area (Å²) in [5.74, 6) is 0.583. The molecule has 1 fully saturated rings. The number of carbonyl (C=O) groups excluding carboxylic acids is 2. The summed E-state index contributed by atoms with van der Waals surface area (Å²) in [6, 6.07) is 7.23. The summed E-state index contributed by atoms with van der Waals surface area (Å²) in [5.41, 5.74) is 0.677. The third-order valence-corrected chi connectivity index (χ3v) is 3.78. The first-order chi connectivity index (χ1) is 9.17. The van der Waals surface area contributed by atoms with Gasteiger partial charge in [-0.1, -0.05) is 12.1 Å². The Morgan fingerprint density at radius 3 is 2.84 bits per heavy atom. The quantitative estimate of drug-likeness (QED) is 0.846. The Morgan fingerprint density at radius 2 is 2.16 bits per heavy atom. The zero-order valence-electron chi connectivity index (χ0n) is 10.3. The summed E-state index contributed by atoms with van der Waals surface area (Å²) in [5, 5.41) is 2.10. The van der Waals surface area contributed by atoms with Crippen LogP contribution >= 0.6 is 23.4 Å². The van der Waals surface area contributed by atoms with E-state index in [9.17, 15) is 9.59 Å². The first-order valence-electron chi connectivity index (χ1n) is 5.65. The number of rotatable bonds is 5. The average Bonchev–Trinajstić information content (AvgIpc) is 2.67. The Kier molecular flexibility index (Phi) is 4.55. The van der Waals surface area contributed by atoms with Crippen LogP contribution < -0.4 is 10.1 Å². The zero-order chi connectivity index (χ0) is 13.8. The van der Waals surface area contributed by atoms with Gasteiger partial charge in [0.15, 0.2) is 5.37 Å². The van der Waals surface area contributed by atoms with Gasteiger partial charge in [-0.3, -0.25) is 14.5 Å². The maximum absolute atomic E-state index is 12.0. The Balaban J connectivity index is 2.12. The van der Waals surface area contributed by atoms with E-state index < -0.39 is 5.37 Å². The topological polar surface area (TPSA) is 58.6 Å². The molecule has 0 spiro atoms. The van der Waals surface area contributed by atoms with E-state index in [1.807, 2.05) is 12.1 Å². The highest BCUT2D eigenvalue weighted by Gasteiger charge is 2.39. The summed E-state index contributed by atoms with van der Waals surface area (Å²) in [6.07, 6.45) is 0. The molecule has 1 unspecified atom stereocenters. The average molecular weight is 301 g/mol. The number of benzene rings is 1. The van der Waals surface area contributed by atoms with Crippen LogP contribution in [0.15, 0.2) is 24.3 Å². The predicted molar refractivity (Wildman–Crippen MR) is 75.8 cm³/mol. The highest BCUT2D eigenvalue weighted by atomic mass is 35.5. The van der Waals surface area contributed by atoms with Gasteiger partial charge in [-0.25, -0.2) is 0 Å². The number of thioether (sulfide) groups is 1. The van der Waals surface area contributed by atoms with Crippen LogP contribution in [0.1, 0.15) is 0 Å². The second-order valence-electron chi connectivity index (χ2n) is 3.79. The fraction of sp³-hybridized carbons (Fsp3) is 0.333. The lowest BCUT2D eigenvalue weighted by atomic mass is 10.3. The van der Waals surface area contributed by atoms with Crippen LogP contribution in [0.3, 0.4) is 0 Å². The molecular formula is C12H13ClN2O3S. The molecule has 1 heterocycles. The third kappa shape index (κ3) is 2.96. The molecule has 19 heavy (non-hydrogen) atoms. The van der Waals surface area contributed by atoms with Gasteiger partial charge in [0.1, 0.15) is 5.75 Å². The lowest BCUT2D eigenvalue weighted by Crippen LogP contribution is -2.35. The van der Waals surface area contributed by atoms with E-state index in [2.05, 4.69) is 5.32 Å². The summed E-state index contributed by atoms with van der Waals surface area (Å²) in [6.45, 7) is 0.232. The Morgan fingerprint density at radius 1 is 1.42 bits per heavy atom. The van der Waals surface area contributed by atoms with E-state index in [1.54, 1.807) is 19.2 Å². The minimum absolute atomic E-state index is 0.232. The van der Waals surface area contributed by atoms with Crippen molar-refractivity contribution < 1.29 is 14.3 Å². The molecule has 0 radical (unpaired) electrons. The number of imide groups is 1. The predicted octanol–water partition coefficient (Wildman–Crippen LogP) is 2.37. The van der Waals surface area contributed by atoms with Gasteiger partial charge < -0.3 is 10.1 Å². The Hall–Kier alpha value is -1.40. The van der Waals surface area contributed by atoms with Crippen LogP contribution in [0, 0.1) is 0 Å². The number of para-hydroxylation sites is 2. The van der Waals surface area contributed by atoms with Gasteiger partial charge in [-0.2, -0.15) is 0 Å². The van der Waals surface area contributed by atoms with Crippen molar-refractivity contribution in [1.29, 1.82) is 0 Å². The molecule has 0 aromatic heterocycles. The van der Waals surface area contributed by atoms with Gasteiger partial charge in [0.25, 0.3) is 11.1 Å². The number of hydrogen-bond donors (Lipinski definition) is 1. The van der Waals surface area contributed by atoms with Crippen molar-refractivity contribution in [3.05, 3.63) is 24.3 Å². The van der Waals surface area contributed by atoms with Crippen LogP contribution in [0.5, 0.6) is 5.75 Å². The molecule has 1 aliphatic rings. The first-order valence-corrected chi connectivity index (χ1v) is 7.06. The smallest absolute Gasteiger partial charge is 0.290 e. The fourth-order valence-electron chi connectivity index (χ4n) is 1.73. The second kappa shape index (κ2) is 6.16. The minimum atomic E-state index is -0.632. The Labute approximate surface area is 120 Å². The number of methoxy groups -OCH3 is 1. The van der Waals surface area contributed by atoms with Gasteiger partial charge in [0.05, 0.1) is 12.8 Å².